The van der Waals surface area contributed by atoms with Gasteiger partial charge in [0.2, 0.25) is 0 Å². The molecular formula is C26H35F2NO4. The number of aliphatic hydroxyl groups excluding tert-OH is 1. The van der Waals surface area contributed by atoms with E-state index in [1.165, 1.54) is 18.7 Å². The molecule has 5 nitrogen and oxygen atoms in total. The van der Waals surface area contributed by atoms with Gasteiger partial charge in [-0.15, -0.1) is 5.73 Å². The van der Waals surface area contributed by atoms with Gasteiger partial charge in [0, 0.05) is 13.0 Å². The second kappa shape index (κ2) is 13.3. The van der Waals surface area contributed by atoms with Crippen LogP contribution in [0.2, 0.25) is 0 Å². The van der Waals surface area contributed by atoms with E-state index in [1.54, 1.807) is 0 Å². The van der Waals surface area contributed by atoms with E-state index in [0.29, 0.717) is 25.7 Å². The van der Waals surface area contributed by atoms with Crippen LogP contribution >= 0.6 is 0 Å². The van der Waals surface area contributed by atoms with E-state index in [0.717, 1.165) is 30.6 Å². The van der Waals surface area contributed by atoms with Crippen molar-refractivity contribution in [2.45, 2.75) is 76.7 Å². The Balaban J connectivity index is 1.87. The summed E-state index contributed by atoms with van der Waals surface area (Å²) in [5.74, 6) is -4.97. The van der Waals surface area contributed by atoms with Crippen LogP contribution in [0.15, 0.2) is 47.8 Å². The molecule has 1 saturated heterocycles. The number of aryl methyl sites for hydroxylation is 1. The number of carbonyl (C=O) groups is 2. The molecule has 2 atom stereocenters. The van der Waals surface area contributed by atoms with Gasteiger partial charge in [-0.25, -0.2) is 0 Å². The lowest BCUT2D eigenvalue weighted by molar-refractivity contribution is -0.147. The van der Waals surface area contributed by atoms with Gasteiger partial charge in [-0.3, -0.25) is 9.59 Å². The highest BCUT2D eigenvalue weighted by Gasteiger charge is 2.50. The highest BCUT2D eigenvalue weighted by Crippen LogP contribution is 2.35. The Morgan fingerprint density at radius 2 is 1.91 bits per heavy atom. The van der Waals surface area contributed by atoms with Crippen LogP contribution in [0.1, 0.15) is 63.9 Å². The predicted molar refractivity (Wildman–Crippen MR) is 123 cm³/mol. The number of alkyl halides is 2. The third-order valence-electron chi connectivity index (χ3n) is 5.99. The minimum absolute atomic E-state index is 0.0531. The third kappa shape index (κ3) is 8.75. The quantitative estimate of drug-likeness (QED) is 0.253. The van der Waals surface area contributed by atoms with Crippen molar-refractivity contribution in [3.8, 4) is 0 Å². The summed E-state index contributed by atoms with van der Waals surface area (Å²) >= 11 is 0. The van der Waals surface area contributed by atoms with Gasteiger partial charge in [0.15, 0.2) is 0 Å². The van der Waals surface area contributed by atoms with Gasteiger partial charge in [0.05, 0.1) is 25.3 Å². The third-order valence-corrected chi connectivity index (χ3v) is 5.99. The molecule has 1 heterocycles. The van der Waals surface area contributed by atoms with Crippen LogP contribution in [0.3, 0.4) is 0 Å². The van der Waals surface area contributed by atoms with Crippen LogP contribution < -0.4 is 0 Å². The molecule has 0 bridgehead atoms. The molecule has 2 rings (SSSR count). The number of nitrogens with zero attached hydrogens (tertiary/aromatic N) is 1. The lowest BCUT2D eigenvalue weighted by Gasteiger charge is -2.17. The summed E-state index contributed by atoms with van der Waals surface area (Å²) in [6.45, 7) is 2.09. The maximum absolute atomic E-state index is 14.0. The Morgan fingerprint density at radius 3 is 2.61 bits per heavy atom. The van der Waals surface area contributed by atoms with E-state index < -0.39 is 24.4 Å². The Morgan fingerprint density at radius 1 is 1.21 bits per heavy atom. The lowest BCUT2D eigenvalue weighted by atomic mass is 9.96. The van der Waals surface area contributed by atoms with Crippen LogP contribution in [0.5, 0.6) is 0 Å². The van der Waals surface area contributed by atoms with Gasteiger partial charge in [-0.2, -0.15) is 8.78 Å². The number of rotatable bonds is 13. The fraction of sp³-hybridized carbons (Fsp3) is 0.577. The van der Waals surface area contributed by atoms with Crippen molar-refractivity contribution in [3.05, 3.63) is 53.4 Å². The first-order valence-corrected chi connectivity index (χ1v) is 11.7. The summed E-state index contributed by atoms with van der Waals surface area (Å²) in [4.78, 5) is 24.3. The van der Waals surface area contributed by atoms with Gasteiger partial charge in [-0.1, -0.05) is 50.1 Å². The Kier molecular flexibility index (Phi) is 10.8. The second-order valence-electron chi connectivity index (χ2n) is 8.68. The molecule has 182 valence electrons. The van der Waals surface area contributed by atoms with Gasteiger partial charge in [0.25, 0.3) is 5.91 Å². The summed E-state index contributed by atoms with van der Waals surface area (Å²) in [5, 5.41) is 10.4. The highest BCUT2D eigenvalue weighted by molar-refractivity contribution is 5.88. The molecule has 1 aliphatic rings. The van der Waals surface area contributed by atoms with Gasteiger partial charge in [-0.05, 0) is 49.7 Å². The van der Waals surface area contributed by atoms with Crippen molar-refractivity contribution in [1.82, 2.24) is 4.90 Å². The molecule has 7 heteroatoms. The van der Waals surface area contributed by atoms with Crippen molar-refractivity contribution in [2.24, 2.45) is 5.92 Å². The molecule has 0 spiro atoms. The molecule has 0 aromatic heterocycles. The molecule has 0 aliphatic carbocycles. The summed E-state index contributed by atoms with van der Waals surface area (Å²) in [6, 6.07) is 10.1. The maximum atomic E-state index is 14.0. The standard InChI is InChI=1S/C26H35F2NO4/c1-20(11-10-14-21-12-6-5-7-13-21)23(30)17-16-22-19-26(27,28)25(32)29(22)18-9-4-3-8-15-24(31)33-2/h5-7,12-13,17,20,23,30H,3-4,8-11,14-15,18-19H2,1-2H3/t16?,20-,23+/m0/s1. The number of ether oxygens (including phenoxy) is 1. The van der Waals surface area contributed by atoms with E-state index in [1.807, 2.05) is 25.1 Å². The molecule has 1 N–H and O–H groups in total. The molecule has 1 amide bonds. The minimum Gasteiger partial charge on any atom is -0.469 e. The predicted octanol–water partition coefficient (Wildman–Crippen LogP) is 5.04. The van der Waals surface area contributed by atoms with Crippen LogP contribution in [-0.2, 0) is 20.7 Å². The number of amides is 1. The number of unbranched alkanes of at least 4 members (excludes halogenated alkanes) is 3. The first-order chi connectivity index (χ1) is 15.7. The van der Waals surface area contributed by atoms with Crippen LogP contribution in [0.4, 0.5) is 8.78 Å². The summed E-state index contributed by atoms with van der Waals surface area (Å²) in [5.41, 5.74) is 4.15. The van der Waals surface area contributed by atoms with E-state index in [-0.39, 0.29) is 24.1 Å². The number of esters is 1. The molecule has 0 saturated carbocycles. The normalized spacial score (nSPS) is 16.9. The van der Waals surface area contributed by atoms with Gasteiger partial charge in [0.1, 0.15) is 0 Å². The van der Waals surface area contributed by atoms with Crippen LogP contribution in [-0.4, -0.2) is 47.6 Å². The van der Waals surface area contributed by atoms with Crippen molar-refractivity contribution < 1.29 is 28.2 Å². The number of carbonyl (C=O) groups excluding carboxylic acids is 2. The van der Waals surface area contributed by atoms with Crippen LogP contribution in [0.25, 0.3) is 0 Å². The first-order valence-electron chi connectivity index (χ1n) is 11.7. The minimum atomic E-state index is -3.44. The zero-order valence-electron chi connectivity index (χ0n) is 19.6. The maximum Gasteiger partial charge on any atom is 0.331 e. The molecule has 1 fully saturated rings. The molecule has 0 radical (unpaired) electrons. The molecule has 0 unspecified atom stereocenters. The number of methoxy groups -OCH3 is 1. The number of likely N-dealkylation sites (tertiary alicyclic amines) is 1. The van der Waals surface area contributed by atoms with Crippen molar-refractivity contribution >= 4 is 11.9 Å². The topological polar surface area (TPSA) is 66.8 Å². The smallest absolute Gasteiger partial charge is 0.331 e. The van der Waals surface area contributed by atoms with E-state index in [9.17, 15) is 23.5 Å². The monoisotopic (exact) mass is 463 g/mol. The SMILES string of the molecule is COC(=O)CCCCCCN1C(=O)C(F)(F)CC1=C=C[C@@H](O)[C@@H](C)CCCc1ccccc1. The van der Waals surface area contributed by atoms with Crippen LogP contribution in [0, 0.1) is 5.92 Å². The summed E-state index contributed by atoms with van der Waals surface area (Å²) < 4.78 is 32.6. The van der Waals surface area contributed by atoms with Gasteiger partial charge < -0.3 is 14.7 Å². The number of aliphatic hydroxyl groups is 1. The van der Waals surface area contributed by atoms with E-state index in [4.69, 9.17) is 0 Å². The van der Waals surface area contributed by atoms with E-state index >= 15 is 0 Å². The van der Waals surface area contributed by atoms with Crippen molar-refractivity contribution in [1.29, 1.82) is 0 Å². The average Bonchev–Trinajstić information content (AvgIpc) is 3.02. The second-order valence-corrected chi connectivity index (χ2v) is 8.68. The number of benzene rings is 1. The molecule has 1 aromatic rings. The first kappa shape index (κ1) is 26.7. The Labute approximate surface area is 195 Å². The zero-order valence-corrected chi connectivity index (χ0v) is 19.6. The number of hydrogen-bond acceptors (Lipinski definition) is 4. The van der Waals surface area contributed by atoms with Gasteiger partial charge >= 0.3 is 11.9 Å². The molecule has 1 aromatic carbocycles. The van der Waals surface area contributed by atoms with Crippen molar-refractivity contribution in [2.75, 3.05) is 13.7 Å². The van der Waals surface area contributed by atoms with E-state index in [2.05, 4.69) is 22.6 Å². The molecular weight excluding hydrogens is 428 g/mol. The Bertz CT molecular complexity index is 834. The lowest BCUT2D eigenvalue weighted by Crippen LogP contribution is -2.33. The summed E-state index contributed by atoms with van der Waals surface area (Å²) in [7, 11) is 1.34. The molecule has 33 heavy (non-hydrogen) atoms. The fourth-order valence-corrected chi connectivity index (χ4v) is 3.85. The molecule has 1 aliphatic heterocycles. The largest absolute Gasteiger partial charge is 0.469 e. The fourth-order valence-electron chi connectivity index (χ4n) is 3.85. The number of halogens is 2. The highest BCUT2D eigenvalue weighted by atomic mass is 19.3. The Hall–Kier alpha value is -2.50. The zero-order chi connectivity index (χ0) is 24.3. The number of hydrogen-bond donors (Lipinski definition) is 1. The average molecular weight is 464 g/mol. The van der Waals surface area contributed by atoms with Crippen molar-refractivity contribution in [3.63, 3.8) is 0 Å². The summed E-state index contributed by atoms with van der Waals surface area (Å²) in [6.07, 6.45) is 5.49.